The Labute approximate surface area is 150 Å². The number of hydrogen-bond acceptors (Lipinski definition) is 4. The highest BCUT2D eigenvalue weighted by atomic mass is 32.2. The highest BCUT2D eigenvalue weighted by Crippen LogP contribution is 2.15. The highest BCUT2D eigenvalue weighted by Gasteiger charge is 2.11. The molecule has 0 aromatic heterocycles. The smallest absolute Gasteiger partial charge is 0.215 e. The fourth-order valence-electron chi connectivity index (χ4n) is 2.51. The topological polar surface area (TPSA) is 58.6 Å². The Hall–Kier alpha value is -2.05. The van der Waals surface area contributed by atoms with E-state index in [4.69, 9.17) is 4.74 Å². The van der Waals surface area contributed by atoms with Gasteiger partial charge in [0.1, 0.15) is 5.75 Å². The molecule has 6 heteroatoms. The second-order valence-electron chi connectivity index (χ2n) is 6.17. The van der Waals surface area contributed by atoms with Crippen molar-refractivity contribution in [1.29, 1.82) is 0 Å². The molecule has 25 heavy (non-hydrogen) atoms. The van der Waals surface area contributed by atoms with Crippen LogP contribution < -0.4 is 14.4 Å². The van der Waals surface area contributed by atoms with Crippen molar-refractivity contribution in [1.82, 2.24) is 4.72 Å². The minimum Gasteiger partial charge on any atom is -0.497 e. The molecular weight excluding hydrogens is 336 g/mol. The number of anilines is 1. The van der Waals surface area contributed by atoms with Crippen LogP contribution in [0.25, 0.3) is 0 Å². The predicted molar refractivity (Wildman–Crippen MR) is 103 cm³/mol. The summed E-state index contributed by atoms with van der Waals surface area (Å²) in [6.45, 7) is 0.432. The Morgan fingerprint density at radius 1 is 1.04 bits per heavy atom. The quantitative estimate of drug-likeness (QED) is 0.697. The zero-order chi connectivity index (χ0) is 18.3. The molecule has 0 aliphatic heterocycles. The van der Waals surface area contributed by atoms with Gasteiger partial charge in [0.15, 0.2) is 0 Å². The number of sulfonamides is 1. The third-order valence-corrected chi connectivity index (χ3v) is 5.27. The number of aryl methyl sites for hydroxylation is 1. The molecule has 0 spiro atoms. The zero-order valence-electron chi connectivity index (χ0n) is 15.0. The van der Waals surface area contributed by atoms with Gasteiger partial charge in [-0.3, -0.25) is 0 Å². The van der Waals surface area contributed by atoms with Crippen molar-refractivity contribution in [3.05, 3.63) is 59.7 Å². The molecule has 0 heterocycles. The normalized spacial score (nSPS) is 11.3. The molecule has 0 atom stereocenters. The summed E-state index contributed by atoms with van der Waals surface area (Å²) >= 11 is 0. The lowest BCUT2D eigenvalue weighted by Crippen LogP contribution is -2.26. The second-order valence-corrected chi connectivity index (χ2v) is 7.98. The van der Waals surface area contributed by atoms with Crippen molar-refractivity contribution in [2.45, 2.75) is 18.6 Å². The molecular formula is C19H26N2O3S. The van der Waals surface area contributed by atoms with Crippen LogP contribution >= 0.6 is 0 Å². The van der Waals surface area contributed by atoms with Crippen molar-refractivity contribution < 1.29 is 13.2 Å². The van der Waals surface area contributed by atoms with Crippen molar-refractivity contribution in [2.24, 2.45) is 0 Å². The number of ether oxygens (including phenoxy) is 1. The molecule has 2 aromatic carbocycles. The third-order valence-electron chi connectivity index (χ3n) is 3.91. The second kappa shape index (κ2) is 8.87. The van der Waals surface area contributed by atoms with Gasteiger partial charge >= 0.3 is 0 Å². The average molecular weight is 362 g/mol. The maximum Gasteiger partial charge on any atom is 0.215 e. The Morgan fingerprint density at radius 3 is 2.40 bits per heavy atom. The van der Waals surface area contributed by atoms with Gasteiger partial charge in [0, 0.05) is 26.3 Å². The van der Waals surface area contributed by atoms with Crippen LogP contribution in [0.3, 0.4) is 0 Å². The lowest BCUT2D eigenvalue weighted by Gasteiger charge is -2.12. The first-order valence-corrected chi connectivity index (χ1v) is 9.91. The molecule has 0 bridgehead atoms. The van der Waals surface area contributed by atoms with Gasteiger partial charge in [-0.1, -0.05) is 24.3 Å². The summed E-state index contributed by atoms with van der Waals surface area (Å²) in [6.07, 6.45) is 1.61. The van der Waals surface area contributed by atoms with Crippen LogP contribution in [-0.4, -0.2) is 36.2 Å². The molecule has 0 aliphatic rings. The average Bonchev–Trinajstić information content (AvgIpc) is 2.59. The number of nitrogens with one attached hydrogen (secondary N) is 1. The first kappa shape index (κ1) is 19.3. The molecule has 0 unspecified atom stereocenters. The molecule has 0 fully saturated rings. The Balaban J connectivity index is 1.79. The number of nitrogens with zero attached hydrogens (tertiary/aromatic N) is 1. The van der Waals surface area contributed by atoms with Crippen LogP contribution in [0, 0.1) is 0 Å². The Bertz CT molecular complexity index is 772. The SMILES string of the molecule is COc1cccc(CS(=O)(=O)NCCCc2ccc(N(C)C)cc2)c1. The highest BCUT2D eigenvalue weighted by molar-refractivity contribution is 7.88. The maximum absolute atomic E-state index is 12.2. The van der Waals surface area contributed by atoms with E-state index >= 15 is 0 Å². The summed E-state index contributed by atoms with van der Waals surface area (Å²) in [7, 11) is 2.23. The fraction of sp³-hybridized carbons (Fsp3) is 0.368. The first-order chi connectivity index (χ1) is 11.9. The van der Waals surface area contributed by atoms with E-state index in [-0.39, 0.29) is 5.75 Å². The largest absolute Gasteiger partial charge is 0.497 e. The summed E-state index contributed by atoms with van der Waals surface area (Å²) in [5.41, 5.74) is 3.08. The molecule has 1 N–H and O–H groups in total. The minimum absolute atomic E-state index is 0.0399. The molecule has 0 saturated carbocycles. The monoisotopic (exact) mass is 362 g/mol. The third kappa shape index (κ3) is 6.40. The van der Waals surface area contributed by atoms with E-state index < -0.39 is 10.0 Å². The number of hydrogen-bond donors (Lipinski definition) is 1. The molecule has 136 valence electrons. The first-order valence-electron chi connectivity index (χ1n) is 8.26. The van der Waals surface area contributed by atoms with E-state index in [0.717, 1.165) is 18.5 Å². The van der Waals surface area contributed by atoms with Gasteiger partial charge in [-0.2, -0.15) is 0 Å². The Kier molecular flexibility index (Phi) is 6.84. The van der Waals surface area contributed by atoms with E-state index in [1.807, 2.05) is 14.1 Å². The molecule has 0 aliphatic carbocycles. The molecule has 0 amide bonds. The van der Waals surface area contributed by atoms with Gasteiger partial charge in [-0.05, 0) is 48.2 Å². The van der Waals surface area contributed by atoms with Gasteiger partial charge in [-0.15, -0.1) is 0 Å². The van der Waals surface area contributed by atoms with Crippen molar-refractivity contribution in [2.75, 3.05) is 32.6 Å². The molecule has 2 rings (SSSR count). The predicted octanol–water partition coefficient (Wildman–Crippen LogP) is 2.81. The zero-order valence-corrected chi connectivity index (χ0v) is 15.8. The van der Waals surface area contributed by atoms with Crippen LogP contribution in [0.4, 0.5) is 5.69 Å². The minimum atomic E-state index is -3.34. The molecule has 0 saturated heterocycles. The lowest BCUT2D eigenvalue weighted by atomic mass is 10.1. The lowest BCUT2D eigenvalue weighted by molar-refractivity contribution is 0.414. The van der Waals surface area contributed by atoms with Gasteiger partial charge in [-0.25, -0.2) is 13.1 Å². The Morgan fingerprint density at radius 2 is 1.76 bits per heavy atom. The van der Waals surface area contributed by atoms with E-state index in [2.05, 4.69) is 33.9 Å². The van der Waals surface area contributed by atoms with Crippen molar-refractivity contribution in [3.63, 3.8) is 0 Å². The molecule has 5 nitrogen and oxygen atoms in total. The molecule has 2 aromatic rings. The van der Waals surface area contributed by atoms with Crippen molar-refractivity contribution >= 4 is 15.7 Å². The summed E-state index contributed by atoms with van der Waals surface area (Å²) in [6, 6.07) is 15.4. The number of methoxy groups -OCH3 is 1. The van der Waals surface area contributed by atoms with Gasteiger partial charge in [0.05, 0.1) is 12.9 Å². The number of benzene rings is 2. The van der Waals surface area contributed by atoms with Gasteiger partial charge in [0.2, 0.25) is 10.0 Å². The summed E-state index contributed by atoms with van der Waals surface area (Å²) in [5, 5.41) is 0. The molecule has 0 radical (unpaired) electrons. The number of rotatable bonds is 9. The van der Waals surface area contributed by atoms with Crippen LogP contribution in [0.5, 0.6) is 5.75 Å². The van der Waals surface area contributed by atoms with Crippen LogP contribution in [-0.2, 0) is 22.2 Å². The van der Waals surface area contributed by atoms with Gasteiger partial charge < -0.3 is 9.64 Å². The van der Waals surface area contributed by atoms with Crippen LogP contribution in [0.15, 0.2) is 48.5 Å². The maximum atomic E-state index is 12.2. The van der Waals surface area contributed by atoms with E-state index in [1.165, 1.54) is 5.56 Å². The van der Waals surface area contributed by atoms with Crippen molar-refractivity contribution in [3.8, 4) is 5.75 Å². The van der Waals surface area contributed by atoms with Crippen LogP contribution in [0.1, 0.15) is 17.5 Å². The van der Waals surface area contributed by atoms with Crippen LogP contribution in [0.2, 0.25) is 0 Å². The van der Waals surface area contributed by atoms with E-state index in [1.54, 1.807) is 31.4 Å². The summed E-state index contributed by atoms with van der Waals surface area (Å²) in [5.74, 6) is 0.621. The standard InChI is InChI=1S/C19H26N2O3S/c1-21(2)18-11-9-16(10-12-18)7-5-13-20-25(22,23)15-17-6-4-8-19(14-17)24-3/h4,6,8-12,14,20H,5,7,13,15H2,1-3H3. The van der Waals surface area contributed by atoms with E-state index in [0.29, 0.717) is 17.9 Å². The van der Waals surface area contributed by atoms with Gasteiger partial charge in [0.25, 0.3) is 0 Å². The van der Waals surface area contributed by atoms with E-state index in [9.17, 15) is 8.42 Å². The fourth-order valence-corrected chi connectivity index (χ4v) is 3.69. The summed E-state index contributed by atoms with van der Waals surface area (Å²) < 4.78 is 32.1. The summed E-state index contributed by atoms with van der Waals surface area (Å²) in [4.78, 5) is 2.05.